The first kappa shape index (κ1) is 21.1. The number of aromatic nitrogens is 5. The summed E-state index contributed by atoms with van der Waals surface area (Å²) in [6.07, 6.45) is 6.04. The van der Waals surface area contributed by atoms with Crippen molar-refractivity contribution in [2.24, 2.45) is 5.92 Å². The van der Waals surface area contributed by atoms with E-state index >= 15 is 0 Å². The zero-order valence-corrected chi connectivity index (χ0v) is 16.7. The van der Waals surface area contributed by atoms with Crippen LogP contribution in [0, 0.1) is 17.6 Å². The Morgan fingerprint density at radius 2 is 2.10 bits per heavy atom. The number of carbonyl (C=O) groups is 1. The standard InChI is InChI=1S/C20H23F2N7O2/c21-16-2-3-17(18(22)8-16)20(31,12-28-6-1-4-25-28)15(11-29-14-24-13-26-29)10-27-7-5-23-9-19(27)30/h1-4,6,8,13-15,23,31H,5,7,9-12H2/t15-,20-/m1/s1. The average molecular weight is 431 g/mol. The number of aliphatic hydroxyl groups is 1. The van der Waals surface area contributed by atoms with Crippen LogP contribution in [0.2, 0.25) is 0 Å². The molecule has 0 bridgehead atoms. The van der Waals surface area contributed by atoms with E-state index in [0.717, 1.165) is 12.1 Å². The van der Waals surface area contributed by atoms with E-state index in [-0.39, 0.29) is 37.6 Å². The van der Waals surface area contributed by atoms with Gasteiger partial charge < -0.3 is 15.3 Å². The van der Waals surface area contributed by atoms with Crippen molar-refractivity contribution < 1.29 is 18.7 Å². The Hall–Kier alpha value is -3.18. The monoisotopic (exact) mass is 431 g/mol. The summed E-state index contributed by atoms with van der Waals surface area (Å²) in [5.74, 6) is -2.42. The van der Waals surface area contributed by atoms with Gasteiger partial charge in [0.15, 0.2) is 0 Å². The molecule has 0 radical (unpaired) electrons. The van der Waals surface area contributed by atoms with Crippen molar-refractivity contribution in [3.63, 3.8) is 0 Å². The third-order valence-electron chi connectivity index (χ3n) is 5.54. The van der Waals surface area contributed by atoms with E-state index in [1.54, 1.807) is 23.4 Å². The van der Waals surface area contributed by atoms with E-state index in [9.17, 15) is 18.7 Å². The van der Waals surface area contributed by atoms with Gasteiger partial charge >= 0.3 is 0 Å². The molecule has 3 heterocycles. The maximum atomic E-state index is 14.9. The molecule has 1 aliphatic rings. The third-order valence-corrected chi connectivity index (χ3v) is 5.54. The van der Waals surface area contributed by atoms with Crippen LogP contribution in [0.4, 0.5) is 8.78 Å². The average Bonchev–Trinajstić information content (AvgIpc) is 3.43. The predicted octanol–water partition coefficient (Wildman–Crippen LogP) is 0.389. The highest BCUT2D eigenvalue weighted by Crippen LogP contribution is 2.35. The molecule has 3 aromatic rings. The highest BCUT2D eigenvalue weighted by Gasteiger charge is 2.43. The van der Waals surface area contributed by atoms with Crippen LogP contribution in [-0.2, 0) is 23.5 Å². The molecule has 164 valence electrons. The molecular formula is C20H23F2N7O2. The van der Waals surface area contributed by atoms with Crippen molar-refractivity contribution in [1.29, 1.82) is 0 Å². The second-order valence-corrected chi connectivity index (χ2v) is 7.58. The summed E-state index contributed by atoms with van der Waals surface area (Å²) >= 11 is 0. The smallest absolute Gasteiger partial charge is 0.236 e. The maximum Gasteiger partial charge on any atom is 0.236 e. The first-order valence-electron chi connectivity index (χ1n) is 9.92. The van der Waals surface area contributed by atoms with E-state index in [2.05, 4.69) is 20.5 Å². The van der Waals surface area contributed by atoms with Crippen molar-refractivity contribution >= 4 is 5.91 Å². The number of carbonyl (C=O) groups excluding carboxylic acids is 1. The number of hydrogen-bond acceptors (Lipinski definition) is 6. The maximum absolute atomic E-state index is 14.9. The SMILES string of the molecule is O=C1CNCCN1C[C@H](Cn1cncn1)[C@](O)(Cn1cccn1)c1ccc(F)cc1F. The number of benzene rings is 1. The van der Waals surface area contributed by atoms with Gasteiger partial charge in [0, 0.05) is 49.6 Å². The van der Waals surface area contributed by atoms with Crippen LogP contribution in [0.5, 0.6) is 0 Å². The molecule has 11 heteroatoms. The molecule has 0 spiro atoms. The first-order valence-corrected chi connectivity index (χ1v) is 9.92. The fourth-order valence-corrected chi connectivity index (χ4v) is 3.93. The number of hydrogen-bond donors (Lipinski definition) is 2. The lowest BCUT2D eigenvalue weighted by atomic mass is 9.80. The lowest BCUT2D eigenvalue weighted by Gasteiger charge is -2.40. The van der Waals surface area contributed by atoms with Gasteiger partial charge in [-0.05, 0) is 12.1 Å². The Balaban J connectivity index is 1.76. The van der Waals surface area contributed by atoms with Crippen LogP contribution >= 0.6 is 0 Å². The van der Waals surface area contributed by atoms with Gasteiger partial charge in [0.1, 0.15) is 29.9 Å². The summed E-state index contributed by atoms with van der Waals surface area (Å²) < 4.78 is 31.5. The fraction of sp³-hybridized carbons (Fsp3) is 0.400. The summed E-state index contributed by atoms with van der Waals surface area (Å²) in [7, 11) is 0. The van der Waals surface area contributed by atoms with E-state index in [1.165, 1.54) is 28.1 Å². The van der Waals surface area contributed by atoms with Gasteiger partial charge in [-0.1, -0.05) is 6.07 Å². The van der Waals surface area contributed by atoms with Crippen molar-refractivity contribution in [2.45, 2.75) is 18.7 Å². The minimum absolute atomic E-state index is 0.0721. The van der Waals surface area contributed by atoms with Crippen molar-refractivity contribution in [2.75, 3.05) is 26.2 Å². The number of halogens is 2. The van der Waals surface area contributed by atoms with Crippen molar-refractivity contribution in [3.05, 3.63) is 66.5 Å². The number of nitrogens with one attached hydrogen (secondary N) is 1. The Bertz CT molecular complexity index is 1010. The van der Waals surface area contributed by atoms with Gasteiger partial charge in [0.25, 0.3) is 0 Å². The van der Waals surface area contributed by atoms with Gasteiger partial charge in [-0.15, -0.1) is 0 Å². The van der Waals surface area contributed by atoms with E-state index in [0.29, 0.717) is 13.1 Å². The van der Waals surface area contributed by atoms with Crippen LogP contribution in [0.1, 0.15) is 5.56 Å². The van der Waals surface area contributed by atoms with Crippen molar-refractivity contribution in [3.8, 4) is 0 Å². The molecule has 1 fully saturated rings. The molecule has 2 aromatic heterocycles. The predicted molar refractivity (Wildman–Crippen MR) is 105 cm³/mol. The molecule has 2 N–H and O–H groups in total. The molecule has 9 nitrogen and oxygen atoms in total. The molecule has 31 heavy (non-hydrogen) atoms. The van der Waals surface area contributed by atoms with E-state index in [4.69, 9.17) is 0 Å². The number of piperazine rings is 1. The fourth-order valence-electron chi connectivity index (χ4n) is 3.93. The summed E-state index contributed by atoms with van der Waals surface area (Å²) in [5.41, 5.74) is -1.89. The molecule has 0 aliphatic carbocycles. The summed E-state index contributed by atoms with van der Waals surface area (Å²) in [5, 5.41) is 23.2. The third kappa shape index (κ3) is 4.62. The van der Waals surface area contributed by atoms with Crippen molar-refractivity contribution in [1.82, 2.24) is 34.8 Å². The molecule has 0 unspecified atom stereocenters. The second-order valence-electron chi connectivity index (χ2n) is 7.58. The topological polar surface area (TPSA) is 101 Å². The lowest BCUT2D eigenvalue weighted by Crippen LogP contribution is -2.54. The normalized spacial score (nSPS) is 17.5. The van der Waals surface area contributed by atoms with E-state index < -0.39 is 23.2 Å². The Morgan fingerprint density at radius 3 is 2.77 bits per heavy atom. The van der Waals surface area contributed by atoms with Crippen LogP contribution < -0.4 is 5.32 Å². The summed E-state index contributed by atoms with van der Waals surface area (Å²) in [4.78, 5) is 18.0. The van der Waals surface area contributed by atoms with Crippen LogP contribution in [0.3, 0.4) is 0 Å². The molecular weight excluding hydrogens is 408 g/mol. The Labute approximate surface area is 177 Å². The van der Waals surface area contributed by atoms with Gasteiger partial charge in [-0.3, -0.25) is 14.2 Å². The molecule has 4 rings (SSSR count). The highest BCUT2D eigenvalue weighted by molar-refractivity contribution is 5.79. The molecule has 2 atom stereocenters. The highest BCUT2D eigenvalue weighted by atomic mass is 19.1. The van der Waals surface area contributed by atoms with Gasteiger partial charge in [0.05, 0.1) is 19.6 Å². The number of nitrogens with zero attached hydrogens (tertiary/aromatic N) is 6. The van der Waals surface area contributed by atoms with Gasteiger partial charge in [0.2, 0.25) is 5.91 Å². The minimum Gasteiger partial charge on any atom is -0.383 e. The Kier molecular flexibility index (Phi) is 6.05. The first-order chi connectivity index (χ1) is 15.0. The molecule has 1 amide bonds. The lowest BCUT2D eigenvalue weighted by molar-refractivity contribution is -0.135. The van der Waals surface area contributed by atoms with Gasteiger partial charge in [-0.25, -0.2) is 13.8 Å². The largest absolute Gasteiger partial charge is 0.383 e. The quantitative estimate of drug-likeness (QED) is 0.535. The van der Waals surface area contributed by atoms with Crippen LogP contribution in [0.15, 0.2) is 49.3 Å². The molecule has 1 aromatic carbocycles. The van der Waals surface area contributed by atoms with Gasteiger partial charge in [-0.2, -0.15) is 10.2 Å². The molecule has 1 saturated heterocycles. The second kappa shape index (κ2) is 8.90. The molecule has 1 aliphatic heterocycles. The zero-order chi connectivity index (χ0) is 21.8. The van der Waals surface area contributed by atoms with Crippen LogP contribution in [-0.4, -0.2) is 66.6 Å². The minimum atomic E-state index is -1.82. The summed E-state index contributed by atoms with van der Waals surface area (Å²) in [6, 6.07) is 4.77. The Morgan fingerprint density at radius 1 is 1.23 bits per heavy atom. The zero-order valence-electron chi connectivity index (χ0n) is 16.7. The summed E-state index contributed by atoms with van der Waals surface area (Å²) in [6.45, 7) is 1.47. The van der Waals surface area contributed by atoms with E-state index in [1.807, 2.05) is 0 Å². The van der Waals surface area contributed by atoms with Crippen LogP contribution in [0.25, 0.3) is 0 Å². The number of rotatable bonds is 8. The molecule has 0 saturated carbocycles. The number of amides is 1.